The zero-order valence-corrected chi connectivity index (χ0v) is 21.1. The van der Waals surface area contributed by atoms with Gasteiger partial charge in [0.1, 0.15) is 8.80 Å². The summed E-state index contributed by atoms with van der Waals surface area (Å²) in [5.74, 6) is 0. The van der Waals surface area contributed by atoms with Crippen molar-refractivity contribution in [3.05, 3.63) is 126 Å². The Bertz CT molecular complexity index is 1230. The van der Waals surface area contributed by atoms with Crippen LogP contribution < -0.4 is 15.6 Å². The van der Waals surface area contributed by atoms with Crippen molar-refractivity contribution in [1.29, 1.82) is 0 Å². The van der Waals surface area contributed by atoms with Crippen LogP contribution in [-0.2, 0) is 4.66 Å². The molecule has 0 aliphatic heterocycles. The van der Waals surface area contributed by atoms with Gasteiger partial charge in [-0.2, -0.15) is 0 Å². The Labute approximate surface area is 192 Å². The summed E-state index contributed by atoms with van der Waals surface area (Å²) in [5.41, 5.74) is 1.51. The average molecular weight is 451 g/mol. The predicted molar refractivity (Wildman–Crippen MR) is 143 cm³/mol. The minimum Gasteiger partial charge on any atom is -0.144 e. The third-order valence-electron chi connectivity index (χ3n) is 6.43. The zero-order chi connectivity index (χ0) is 21.1. The molecule has 1 heterocycles. The summed E-state index contributed by atoms with van der Waals surface area (Å²) in [6.45, 7) is 2.57. The molecule has 0 N–H and O–H groups in total. The highest BCUT2D eigenvalue weighted by Gasteiger charge is 2.40. The van der Waals surface area contributed by atoms with Gasteiger partial charge in [-0.25, -0.2) is 0 Å². The molecule has 0 aliphatic rings. The summed E-state index contributed by atoms with van der Waals surface area (Å²) >= 11 is 1.83. The maximum Gasteiger partial charge on any atom is 0.110 e. The topological polar surface area (TPSA) is 0 Å². The van der Waals surface area contributed by atoms with Gasteiger partial charge in [-0.3, -0.25) is 0 Å². The van der Waals surface area contributed by atoms with Gasteiger partial charge < -0.3 is 0 Å². The molecule has 1 unspecified atom stereocenters. The number of thiophene rings is 1. The van der Waals surface area contributed by atoms with E-state index in [1.165, 1.54) is 26.0 Å². The minimum atomic E-state index is -1.57. The van der Waals surface area contributed by atoms with E-state index in [0.29, 0.717) is 0 Å². The molecule has 4 aromatic carbocycles. The molecule has 0 nitrogen and oxygen atoms in total. The van der Waals surface area contributed by atoms with Gasteiger partial charge in [-0.1, -0.05) is 126 Å². The number of benzene rings is 4. The largest absolute Gasteiger partial charge is 0.144 e. The van der Waals surface area contributed by atoms with Crippen molar-refractivity contribution in [3.63, 3.8) is 0 Å². The molecule has 1 atom stereocenters. The van der Waals surface area contributed by atoms with E-state index in [0.717, 1.165) is 0 Å². The summed E-state index contributed by atoms with van der Waals surface area (Å²) in [4.78, 5) is 0. The quantitative estimate of drug-likeness (QED) is 0.340. The van der Waals surface area contributed by atoms with E-state index >= 15 is 0 Å². The highest BCUT2D eigenvalue weighted by atomic mass is 32.1. The first-order valence-electron chi connectivity index (χ1n) is 10.9. The lowest BCUT2D eigenvalue weighted by atomic mass is 10.1. The van der Waals surface area contributed by atoms with Gasteiger partial charge in [-0.05, 0) is 33.1 Å². The Balaban J connectivity index is 1.74. The molecule has 0 amide bonds. The van der Waals surface area contributed by atoms with E-state index in [1.54, 1.807) is 5.19 Å². The van der Waals surface area contributed by atoms with Gasteiger partial charge in [0.15, 0.2) is 0 Å². The van der Waals surface area contributed by atoms with Gasteiger partial charge in [0, 0.05) is 4.70 Å². The molecule has 0 spiro atoms. The van der Waals surface area contributed by atoms with Crippen molar-refractivity contribution in [2.75, 3.05) is 0 Å². The van der Waals surface area contributed by atoms with Gasteiger partial charge in [0.2, 0.25) is 0 Å². The fourth-order valence-corrected chi connectivity index (χ4v) is 14.0. The lowest BCUT2D eigenvalue weighted by molar-refractivity contribution is 0.943. The second kappa shape index (κ2) is 8.79. The molecular weight excluding hydrogens is 425 g/mol. The molecule has 0 saturated carbocycles. The van der Waals surface area contributed by atoms with Gasteiger partial charge in [-0.15, -0.1) is 11.3 Å². The van der Waals surface area contributed by atoms with Crippen LogP contribution in [0.1, 0.15) is 12.5 Å². The van der Waals surface area contributed by atoms with Gasteiger partial charge >= 0.3 is 0 Å². The Morgan fingerprint density at radius 1 is 0.677 bits per heavy atom. The molecule has 0 radical (unpaired) electrons. The summed E-state index contributed by atoms with van der Waals surface area (Å²) in [6.07, 6.45) is 0. The standard InChI is InChI=1S/C28H26SSi2/c1-28(30-24-11-5-2-6-12-24,23-17-18-27-22(21-23)19-20-29-27)31(25-13-7-3-8-14-25)26-15-9-4-10-16-26/h2-21,31H,30H2,1H3. The first-order valence-corrected chi connectivity index (χ1v) is 14.9. The number of hydrogen-bond acceptors (Lipinski definition) is 1. The van der Waals surface area contributed by atoms with E-state index in [2.05, 4.69) is 128 Å². The van der Waals surface area contributed by atoms with E-state index in [1.807, 2.05) is 11.3 Å². The average Bonchev–Trinajstić information content (AvgIpc) is 3.29. The predicted octanol–water partition coefficient (Wildman–Crippen LogP) is 4.19. The van der Waals surface area contributed by atoms with Gasteiger partial charge in [0.05, 0.1) is 9.52 Å². The fourth-order valence-electron chi connectivity index (χ4n) is 4.93. The van der Waals surface area contributed by atoms with Crippen molar-refractivity contribution < 1.29 is 0 Å². The molecule has 1 aromatic heterocycles. The molecular formula is C28H26SSi2. The highest BCUT2D eigenvalue weighted by molar-refractivity contribution is 7.17. The van der Waals surface area contributed by atoms with E-state index in [-0.39, 0.29) is 4.66 Å². The van der Waals surface area contributed by atoms with Crippen LogP contribution in [0.2, 0.25) is 0 Å². The highest BCUT2D eigenvalue weighted by Crippen LogP contribution is 2.31. The molecule has 0 aliphatic carbocycles. The second-order valence-electron chi connectivity index (χ2n) is 8.51. The lowest BCUT2D eigenvalue weighted by Gasteiger charge is -2.38. The molecule has 5 rings (SSSR count). The lowest BCUT2D eigenvalue weighted by Crippen LogP contribution is -2.61. The number of fused-ring (bicyclic) bond motifs is 1. The molecule has 0 fully saturated rings. The van der Waals surface area contributed by atoms with Crippen LogP contribution in [0.5, 0.6) is 0 Å². The Morgan fingerprint density at radius 3 is 1.87 bits per heavy atom. The van der Waals surface area contributed by atoms with Gasteiger partial charge in [0.25, 0.3) is 0 Å². The van der Waals surface area contributed by atoms with Crippen molar-refractivity contribution in [2.24, 2.45) is 0 Å². The van der Waals surface area contributed by atoms with Crippen LogP contribution in [0, 0.1) is 0 Å². The number of hydrogen-bond donors (Lipinski definition) is 0. The third-order valence-corrected chi connectivity index (χ3v) is 14.9. The molecule has 0 saturated heterocycles. The van der Waals surface area contributed by atoms with E-state index < -0.39 is 18.3 Å². The summed E-state index contributed by atoms with van der Waals surface area (Å²) in [7, 11) is -2.18. The second-order valence-corrected chi connectivity index (χ2v) is 16.4. The van der Waals surface area contributed by atoms with Crippen LogP contribution in [0.4, 0.5) is 0 Å². The molecule has 31 heavy (non-hydrogen) atoms. The van der Waals surface area contributed by atoms with Crippen LogP contribution in [0.25, 0.3) is 10.1 Å². The number of rotatable bonds is 6. The van der Waals surface area contributed by atoms with Crippen molar-refractivity contribution in [3.8, 4) is 0 Å². The summed E-state index contributed by atoms with van der Waals surface area (Å²) in [5, 5.41) is 8.20. The first kappa shape index (κ1) is 20.2. The minimum absolute atomic E-state index is 0.167. The Hall–Kier alpha value is -2.73. The molecule has 3 heteroatoms. The van der Waals surface area contributed by atoms with E-state index in [4.69, 9.17) is 0 Å². The van der Waals surface area contributed by atoms with Crippen LogP contribution >= 0.6 is 11.3 Å². The van der Waals surface area contributed by atoms with Crippen molar-refractivity contribution >= 4 is 55.3 Å². The molecule has 0 bridgehead atoms. The van der Waals surface area contributed by atoms with Crippen molar-refractivity contribution in [1.82, 2.24) is 0 Å². The monoisotopic (exact) mass is 450 g/mol. The fraction of sp³-hybridized carbons (Fsp3) is 0.0714. The zero-order valence-electron chi connectivity index (χ0n) is 17.7. The van der Waals surface area contributed by atoms with Crippen LogP contribution in [0.3, 0.4) is 0 Å². The maximum absolute atomic E-state index is 2.57. The molecule has 5 aromatic rings. The Morgan fingerprint density at radius 2 is 1.26 bits per heavy atom. The first-order chi connectivity index (χ1) is 15.2. The van der Waals surface area contributed by atoms with E-state index in [9.17, 15) is 0 Å². The normalized spacial score (nSPS) is 13.7. The third kappa shape index (κ3) is 4.09. The maximum atomic E-state index is 2.57. The van der Waals surface area contributed by atoms with Crippen molar-refractivity contribution in [2.45, 2.75) is 11.6 Å². The summed E-state index contributed by atoms with van der Waals surface area (Å²) < 4.78 is 1.55. The smallest absolute Gasteiger partial charge is 0.110 e. The molecule has 152 valence electrons. The SMILES string of the molecule is CC([SiH2]c1ccccc1)(c1ccc2sccc2c1)[SiH](c1ccccc1)c1ccccc1. The Kier molecular flexibility index (Phi) is 5.73. The van der Waals surface area contributed by atoms with Crippen LogP contribution in [-0.4, -0.2) is 18.3 Å². The summed E-state index contributed by atoms with van der Waals surface area (Å²) in [6, 6.07) is 43.3. The van der Waals surface area contributed by atoms with Crippen LogP contribution in [0.15, 0.2) is 121 Å².